The summed E-state index contributed by atoms with van der Waals surface area (Å²) >= 11 is 0.992. The highest BCUT2D eigenvalue weighted by Crippen LogP contribution is 2.34. The molecule has 0 aliphatic rings. The van der Waals surface area contributed by atoms with Crippen LogP contribution in [0.3, 0.4) is 0 Å². The van der Waals surface area contributed by atoms with E-state index in [1.807, 2.05) is 24.3 Å². The monoisotopic (exact) mass is 386 g/mol. The number of esters is 2. The molecule has 0 saturated heterocycles. The first kappa shape index (κ1) is 18.7. The van der Waals surface area contributed by atoms with Gasteiger partial charge >= 0.3 is 11.9 Å². The second-order valence-electron chi connectivity index (χ2n) is 5.83. The fourth-order valence-electron chi connectivity index (χ4n) is 2.86. The number of carbonyl (C=O) groups excluding carboxylic acids is 3. The molecule has 8 heteroatoms. The van der Waals surface area contributed by atoms with Gasteiger partial charge in [0.1, 0.15) is 9.88 Å². The van der Waals surface area contributed by atoms with Crippen LogP contribution in [0.25, 0.3) is 10.9 Å². The zero-order valence-corrected chi connectivity index (χ0v) is 15.9. The zero-order chi connectivity index (χ0) is 19.6. The molecule has 2 heterocycles. The van der Waals surface area contributed by atoms with Gasteiger partial charge < -0.3 is 19.8 Å². The van der Waals surface area contributed by atoms with E-state index in [4.69, 9.17) is 9.47 Å². The molecule has 1 aromatic carbocycles. The van der Waals surface area contributed by atoms with E-state index in [2.05, 4.69) is 10.3 Å². The number of ether oxygens (including phenoxy) is 2. The molecular weight excluding hydrogens is 368 g/mol. The Hall–Kier alpha value is -3.13. The third kappa shape index (κ3) is 3.56. The summed E-state index contributed by atoms with van der Waals surface area (Å²) < 4.78 is 9.53. The number of carbonyl (C=O) groups is 3. The maximum Gasteiger partial charge on any atom is 0.348 e. The minimum absolute atomic E-state index is 0.120. The number of hydrogen-bond donors (Lipinski definition) is 2. The van der Waals surface area contributed by atoms with E-state index in [1.165, 1.54) is 14.2 Å². The summed E-state index contributed by atoms with van der Waals surface area (Å²) in [5, 5.41) is 3.95. The quantitative estimate of drug-likeness (QED) is 0.656. The molecule has 27 heavy (non-hydrogen) atoms. The number of thiophene rings is 1. The number of nitrogens with one attached hydrogen (secondary N) is 2. The summed E-state index contributed by atoms with van der Waals surface area (Å²) in [6.45, 7) is 1.62. The Morgan fingerprint density at radius 3 is 2.52 bits per heavy atom. The summed E-state index contributed by atoms with van der Waals surface area (Å²) in [5.74, 6) is -1.50. The maximum absolute atomic E-state index is 12.6. The number of methoxy groups -OCH3 is 2. The van der Waals surface area contributed by atoms with Crippen LogP contribution in [0.15, 0.2) is 30.5 Å². The van der Waals surface area contributed by atoms with Gasteiger partial charge in [-0.15, -0.1) is 11.3 Å². The predicted octanol–water partition coefficient (Wildman–Crippen LogP) is 3.29. The Morgan fingerprint density at radius 1 is 1.11 bits per heavy atom. The van der Waals surface area contributed by atoms with E-state index in [0.717, 1.165) is 27.8 Å². The van der Waals surface area contributed by atoms with E-state index < -0.39 is 11.9 Å². The van der Waals surface area contributed by atoms with E-state index in [-0.39, 0.29) is 27.8 Å². The largest absolute Gasteiger partial charge is 0.465 e. The first-order valence-corrected chi connectivity index (χ1v) is 8.92. The average molecular weight is 386 g/mol. The summed E-state index contributed by atoms with van der Waals surface area (Å²) in [6, 6.07) is 7.67. The van der Waals surface area contributed by atoms with Gasteiger partial charge in [-0.2, -0.15) is 0 Å². The second-order valence-corrected chi connectivity index (χ2v) is 6.85. The molecule has 0 fully saturated rings. The van der Waals surface area contributed by atoms with Gasteiger partial charge in [0.05, 0.1) is 26.2 Å². The van der Waals surface area contributed by atoms with E-state index in [1.54, 1.807) is 13.1 Å². The lowest BCUT2D eigenvalue weighted by Crippen LogP contribution is -2.16. The molecule has 0 radical (unpaired) electrons. The number of rotatable bonds is 5. The summed E-state index contributed by atoms with van der Waals surface area (Å²) in [4.78, 5) is 40.0. The molecule has 2 aromatic heterocycles. The molecule has 0 spiro atoms. The summed E-state index contributed by atoms with van der Waals surface area (Å²) in [6.07, 6.45) is 1.90. The number of benzene rings is 1. The number of H-pyrrole nitrogens is 1. The number of hydrogen-bond acceptors (Lipinski definition) is 6. The Kier molecular flexibility index (Phi) is 5.27. The number of para-hydroxylation sites is 1. The first-order valence-electron chi connectivity index (χ1n) is 8.11. The molecule has 3 aromatic rings. The molecule has 0 atom stereocenters. The molecule has 0 aliphatic carbocycles. The van der Waals surface area contributed by atoms with Crippen LogP contribution in [0.2, 0.25) is 0 Å². The van der Waals surface area contributed by atoms with Crippen molar-refractivity contribution in [3.05, 3.63) is 52.0 Å². The summed E-state index contributed by atoms with van der Waals surface area (Å²) in [7, 11) is 2.50. The van der Waals surface area contributed by atoms with Crippen LogP contribution in [-0.2, 0) is 20.7 Å². The van der Waals surface area contributed by atoms with Gasteiger partial charge in [-0.05, 0) is 24.1 Å². The van der Waals surface area contributed by atoms with E-state index >= 15 is 0 Å². The molecule has 0 bridgehead atoms. The van der Waals surface area contributed by atoms with Crippen LogP contribution >= 0.6 is 11.3 Å². The molecule has 2 N–H and O–H groups in total. The molecule has 0 aliphatic heterocycles. The standard InChI is InChI=1S/C19H18N2O5S/c1-10-15(18(23)25-2)17(27-16(10)19(24)26-3)21-14(22)8-11-9-20-13-7-5-4-6-12(11)13/h4-7,9,20H,8H2,1-3H3,(H,21,22). The van der Waals surface area contributed by atoms with Gasteiger partial charge in [-0.3, -0.25) is 4.79 Å². The van der Waals surface area contributed by atoms with Gasteiger partial charge in [0, 0.05) is 17.1 Å². The SMILES string of the molecule is COC(=O)c1sc(NC(=O)Cc2c[nH]c3ccccc23)c(C(=O)OC)c1C. The molecular formula is C19H18N2O5S. The van der Waals surface area contributed by atoms with Crippen molar-refractivity contribution in [2.75, 3.05) is 19.5 Å². The maximum atomic E-state index is 12.6. The highest BCUT2D eigenvalue weighted by Gasteiger charge is 2.26. The fourth-order valence-corrected chi connectivity index (χ4v) is 3.99. The van der Waals surface area contributed by atoms with Crippen molar-refractivity contribution < 1.29 is 23.9 Å². The molecule has 0 unspecified atom stereocenters. The minimum Gasteiger partial charge on any atom is -0.465 e. The highest BCUT2D eigenvalue weighted by atomic mass is 32.1. The number of aromatic amines is 1. The zero-order valence-electron chi connectivity index (χ0n) is 15.0. The fraction of sp³-hybridized carbons (Fsp3) is 0.211. The van der Waals surface area contributed by atoms with E-state index in [9.17, 15) is 14.4 Å². The Bertz CT molecular complexity index is 1030. The van der Waals surface area contributed by atoms with Crippen LogP contribution in [0.1, 0.15) is 31.2 Å². The van der Waals surface area contributed by atoms with Gasteiger partial charge in [0.15, 0.2) is 0 Å². The normalized spacial score (nSPS) is 10.6. The van der Waals surface area contributed by atoms with Crippen molar-refractivity contribution in [3.8, 4) is 0 Å². The van der Waals surface area contributed by atoms with Crippen molar-refractivity contribution in [2.24, 2.45) is 0 Å². The molecule has 1 amide bonds. The third-order valence-electron chi connectivity index (χ3n) is 4.19. The Balaban J connectivity index is 1.88. The van der Waals surface area contributed by atoms with Crippen molar-refractivity contribution in [1.29, 1.82) is 0 Å². The van der Waals surface area contributed by atoms with Crippen LogP contribution < -0.4 is 5.32 Å². The number of anilines is 1. The van der Waals surface area contributed by atoms with Crippen LogP contribution in [0, 0.1) is 6.92 Å². The first-order chi connectivity index (χ1) is 13.0. The van der Waals surface area contributed by atoms with Gasteiger partial charge in [0.2, 0.25) is 5.91 Å². The second kappa shape index (κ2) is 7.63. The molecule has 7 nitrogen and oxygen atoms in total. The van der Waals surface area contributed by atoms with Gasteiger partial charge in [-0.25, -0.2) is 9.59 Å². The molecule has 0 saturated carbocycles. The highest BCUT2D eigenvalue weighted by molar-refractivity contribution is 7.18. The number of aromatic nitrogens is 1. The Morgan fingerprint density at radius 2 is 1.81 bits per heavy atom. The number of amides is 1. The Labute approximate surface area is 159 Å². The lowest BCUT2D eigenvalue weighted by atomic mass is 10.1. The van der Waals surface area contributed by atoms with E-state index in [0.29, 0.717) is 5.56 Å². The lowest BCUT2D eigenvalue weighted by molar-refractivity contribution is -0.115. The van der Waals surface area contributed by atoms with Crippen LogP contribution in [0.4, 0.5) is 5.00 Å². The van der Waals surface area contributed by atoms with Crippen molar-refractivity contribution >= 4 is 45.1 Å². The third-order valence-corrected chi connectivity index (χ3v) is 5.37. The summed E-state index contributed by atoms with van der Waals surface area (Å²) in [5.41, 5.74) is 2.36. The number of fused-ring (bicyclic) bond motifs is 1. The van der Waals surface area contributed by atoms with Crippen molar-refractivity contribution in [3.63, 3.8) is 0 Å². The molecule has 140 valence electrons. The lowest BCUT2D eigenvalue weighted by Gasteiger charge is -2.06. The molecule has 3 rings (SSSR count). The van der Waals surface area contributed by atoms with Crippen molar-refractivity contribution in [2.45, 2.75) is 13.3 Å². The van der Waals surface area contributed by atoms with Crippen LogP contribution in [0.5, 0.6) is 0 Å². The van der Waals surface area contributed by atoms with Gasteiger partial charge in [-0.1, -0.05) is 18.2 Å². The van der Waals surface area contributed by atoms with Crippen molar-refractivity contribution in [1.82, 2.24) is 4.98 Å². The topological polar surface area (TPSA) is 97.5 Å². The predicted molar refractivity (Wildman–Crippen MR) is 102 cm³/mol. The average Bonchev–Trinajstić information content (AvgIpc) is 3.21. The minimum atomic E-state index is -0.624. The van der Waals surface area contributed by atoms with Gasteiger partial charge in [0.25, 0.3) is 0 Å². The smallest absolute Gasteiger partial charge is 0.348 e. The van der Waals surface area contributed by atoms with Crippen LogP contribution in [-0.4, -0.2) is 37.0 Å².